The Morgan fingerprint density at radius 1 is 0.950 bits per heavy atom. The lowest BCUT2D eigenvalue weighted by atomic mass is 9.98. The zero-order chi connectivity index (χ0) is 29.3. The van der Waals surface area contributed by atoms with E-state index in [2.05, 4.69) is 20.0 Å². The van der Waals surface area contributed by atoms with Crippen molar-refractivity contribution in [1.29, 1.82) is 0 Å². The smallest absolute Gasteiger partial charge is 0.267 e. The van der Waals surface area contributed by atoms with E-state index in [1.165, 1.54) is 23.5 Å². The molecule has 14 heteroatoms. The fourth-order valence-corrected chi connectivity index (χ4v) is 6.38. The monoisotopic (exact) mass is 607 g/mol. The van der Waals surface area contributed by atoms with Crippen molar-refractivity contribution in [3.05, 3.63) is 71.4 Å². The van der Waals surface area contributed by atoms with Crippen LogP contribution in [0.3, 0.4) is 0 Å². The topological polar surface area (TPSA) is 131 Å². The Labute approximate surface area is 235 Å². The quantitative estimate of drug-likeness (QED) is 0.269. The van der Waals surface area contributed by atoms with Crippen molar-refractivity contribution in [2.45, 2.75) is 31.1 Å². The van der Waals surface area contributed by atoms with Crippen molar-refractivity contribution in [2.24, 2.45) is 0 Å². The average molecular weight is 608 g/mol. The van der Waals surface area contributed by atoms with Crippen LogP contribution in [0.2, 0.25) is 0 Å². The van der Waals surface area contributed by atoms with Gasteiger partial charge in [-0.25, -0.2) is 40.6 Å². The summed E-state index contributed by atoms with van der Waals surface area (Å²) in [5.74, 6) is -2.25. The van der Waals surface area contributed by atoms with Crippen LogP contribution in [0.4, 0.5) is 20.4 Å². The number of nitrogens with one attached hydrogen (secondary N) is 2. The van der Waals surface area contributed by atoms with Crippen molar-refractivity contribution >= 4 is 42.8 Å². The molecular formula is C26H27F2N5O4S3. The van der Waals surface area contributed by atoms with Crippen LogP contribution in [0.1, 0.15) is 25.8 Å². The van der Waals surface area contributed by atoms with Gasteiger partial charge in [0.1, 0.15) is 21.5 Å². The molecule has 0 aliphatic rings. The second-order valence-corrected chi connectivity index (χ2v) is 14.9. The first-order valence-corrected chi connectivity index (χ1v) is 16.3. The molecule has 0 aliphatic carbocycles. The molecule has 0 amide bonds. The van der Waals surface area contributed by atoms with Gasteiger partial charge in [-0.15, -0.1) is 11.3 Å². The third kappa shape index (κ3) is 6.98. The third-order valence-electron chi connectivity index (χ3n) is 5.49. The predicted octanol–water partition coefficient (Wildman–Crippen LogP) is 5.10. The summed E-state index contributed by atoms with van der Waals surface area (Å²) in [5, 5.41) is 3.71. The van der Waals surface area contributed by atoms with Crippen molar-refractivity contribution in [1.82, 2.24) is 15.0 Å². The molecule has 0 atom stereocenters. The summed E-state index contributed by atoms with van der Waals surface area (Å²) in [7, 11) is -7.74. The summed E-state index contributed by atoms with van der Waals surface area (Å²) < 4.78 is 79.3. The maximum absolute atomic E-state index is 14.2. The van der Waals surface area contributed by atoms with Gasteiger partial charge in [-0.1, -0.05) is 39.0 Å². The van der Waals surface area contributed by atoms with Gasteiger partial charge in [0.2, 0.25) is 5.95 Å². The van der Waals surface area contributed by atoms with Crippen LogP contribution in [0, 0.1) is 11.6 Å². The Hall–Kier alpha value is -3.49. The Kier molecular flexibility index (Phi) is 8.24. The van der Waals surface area contributed by atoms with E-state index in [4.69, 9.17) is 4.98 Å². The second-order valence-electron chi connectivity index (χ2n) is 10.0. The van der Waals surface area contributed by atoms with Crippen molar-refractivity contribution < 1.29 is 25.6 Å². The lowest BCUT2D eigenvalue weighted by Gasteiger charge is -2.13. The first kappa shape index (κ1) is 29.5. The highest BCUT2D eigenvalue weighted by atomic mass is 32.2. The molecule has 40 heavy (non-hydrogen) atoms. The molecule has 4 rings (SSSR count). The van der Waals surface area contributed by atoms with Gasteiger partial charge in [0.25, 0.3) is 10.0 Å². The zero-order valence-electron chi connectivity index (χ0n) is 22.1. The minimum absolute atomic E-state index is 0.0833. The molecule has 0 bridgehead atoms. The van der Waals surface area contributed by atoms with E-state index in [1.807, 2.05) is 20.8 Å². The number of hydrogen-bond donors (Lipinski definition) is 2. The maximum atomic E-state index is 14.2. The highest BCUT2D eigenvalue weighted by molar-refractivity contribution is 7.92. The van der Waals surface area contributed by atoms with E-state index in [-0.39, 0.29) is 29.3 Å². The largest absolute Gasteiger partial charge is 0.353 e. The summed E-state index contributed by atoms with van der Waals surface area (Å²) in [6.45, 7) is 6.15. The Bertz CT molecular complexity index is 1750. The molecule has 9 nitrogen and oxygen atoms in total. The molecule has 2 aromatic heterocycles. The number of nitrogens with zero attached hydrogens (tertiary/aromatic N) is 3. The molecule has 4 aromatic rings. The van der Waals surface area contributed by atoms with E-state index < -0.39 is 36.4 Å². The zero-order valence-corrected chi connectivity index (χ0v) is 24.5. The number of thiazole rings is 1. The number of benzene rings is 2. The van der Waals surface area contributed by atoms with Crippen LogP contribution >= 0.6 is 11.3 Å². The number of sulfonamides is 1. The normalized spacial score (nSPS) is 12.3. The van der Waals surface area contributed by atoms with E-state index in [0.717, 1.165) is 29.5 Å². The Balaban J connectivity index is 1.73. The highest BCUT2D eigenvalue weighted by Crippen LogP contribution is 2.40. The molecule has 2 N–H and O–H groups in total. The molecular weight excluding hydrogens is 581 g/mol. The third-order valence-corrected chi connectivity index (χ3v) is 9.37. The number of hydrogen-bond acceptors (Lipinski definition) is 9. The highest BCUT2D eigenvalue weighted by Gasteiger charge is 2.26. The van der Waals surface area contributed by atoms with Crippen molar-refractivity contribution in [2.75, 3.05) is 28.6 Å². The summed E-state index contributed by atoms with van der Waals surface area (Å²) in [6.07, 6.45) is 2.68. The lowest BCUT2D eigenvalue weighted by Crippen LogP contribution is -2.16. The molecule has 0 saturated carbocycles. The van der Waals surface area contributed by atoms with Gasteiger partial charge in [-0.3, -0.25) is 4.72 Å². The Morgan fingerprint density at radius 2 is 1.62 bits per heavy atom. The van der Waals surface area contributed by atoms with Gasteiger partial charge in [0.15, 0.2) is 4.90 Å². The molecule has 0 unspecified atom stereocenters. The van der Waals surface area contributed by atoms with Gasteiger partial charge in [-0.2, -0.15) is 0 Å². The van der Waals surface area contributed by atoms with Gasteiger partial charge in [0.05, 0.1) is 27.0 Å². The van der Waals surface area contributed by atoms with E-state index in [1.54, 1.807) is 24.4 Å². The predicted molar refractivity (Wildman–Crippen MR) is 153 cm³/mol. The van der Waals surface area contributed by atoms with Gasteiger partial charge >= 0.3 is 0 Å². The molecule has 212 valence electrons. The van der Waals surface area contributed by atoms with Crippen LogP contribution in [0.15, 0.2) is 59.6 Å². The minimum atomic E-state index is -4.57. The van der Waals surface area contributed by atoms with E-state index >= 15 is 0 Å². The fraction of sp³-hybridized carbons (Fsp3) is 0.269. The molecule has 0 spiro atoms. The molecule has 2 heterocycles. The van der Waals surface area contributed by atoms with Gasteiger partial charge < -0.3 is 5.32 Å². The van der Waals surface area contributed by atoms with Crippen molar-refractivity contribution in [3.8, 4) is 21.8 Å². The first-order chi connectivity index (χ1) is 18.6. The Morgan fingerprint density at radius 3 is 2.27 bits per heavy atom. The first-order valence-electron chi connectivity index (χ1n) is 12.0. The van der Waals surface area contributed by atoms with Crippen molar-refractivity contribution in [3.63, 3.8) is 0 Å². The van der Waals surface area contributed by atoms with E-state index in [0.29, 0.717) is 21.8 Å². The van der Waals surface area contributed by atoms with Crippen LogP contribution < -0.4 is 10.0 Å². The minimum Gasteiger partial charge on any atom is -0.353 e. The second kappa shape index (κ2) is 11.2. The number of aromatic nitrogens is 3. The lowest BCUT2D eigenvalue weighted by molar-refractivity contribution is 0.521. The maximum Gasteiger partial charge on any atom is 0.267 e. The van der Waals surface area contributed by atoms with Crippen LogP contribution in [0.5, 0.6) is 0 Å². The average Bonchev–Trinajstić information content (AvgIpc) is 3.29. The van der Waals surface area contributed by atoms with Gasteiger partial charge in [-0.05, 0) is 30.3 Å². The summed E-state index contributed by atoms with van der Waals surface area (Å²) >= 11 is 1.41. The van der Waals surface area contributed by atoms with Crippen LogP contribution in [-0.4, -0.2) is 50.3 Å². The summed E-state index contributed by atoms with van der Waals surface area (Å²) in [5.41, 5.74) is 1.36. The van der Waals surface area contributed by atoms with E-state index in [9.17, 15) is 25.6 Å². The molecule has 0 radical (unpaired) electrons. The van der Waals surface area contributed by atoms with Gasteiger partial charge in [0, 0.05) is 35.7 Å². The number of halogens is 2. The molecule has 0 saturated heterocycles. The number of rotatable bonds is 9. The van der Waals surface area contributed by atoms with Crippen LogP contribution in [-0.2, 0) is 25.3 Å². The standard InChI is InChI=1S/C26H27F2N5O4S3/c1-26(2,3)24-32-21(22(38-24)20-11-12-29-25(31-20)30-13-14-39(4,34)35)16-7-5-8-17(15-16)33-40(36,37)23-18(27)9-6-10-19(23)28/h5-12,15,33H,13-14H2,1-4H3,(H,29,30,31). The summed E-state index contributed by atoms with van der Waals surface area (Å²) in [4.78, 5) is 13.2. The fourth-order valence-electron chi connectivity index (χ4n) is 3.60. The van der Waals surface area contributed by atoms with Crippen LogP contribution in [0.25, 0.3) is 21.8 Å². The molecule has 2 aromatic carbocycles. The summed E-state index contributed by atoms with van der Waals surface area (Å²) in [6, 6.07) is 10.8. The molecule has 0 aliphatic heterocycles. The number of anilines is 2. The SMILES string of the molecule is CC(C)(C)c1nc(-c2cccc(NS(=O)(=O)c3c(F)cccc3F)c2)c(-c2ccnc(NCCS(C)(=O)=O)n2)s1. The molecule has 0 fully saturated rings. The number of sulfone groups is 1.